The number of rotatable bonds is 5. The van der Waals surface area contributed by atoms with Gasteiger partial charge in [-0.3, -0.25) is 9.89 Å². The molecular formula is C20H28F3IN4. The Morgan fingerprint density at radius 1 is 1.29 bits per heavy atom. The highest BCUT2D eigenvalue weighted by Gasteiger charge is 2.30. The van der Waals surface area contributed by atoms with Crippen molar-refractivity contribution in [3.05, 3.63) is 35.4 Å². The summed E-state index contributed by atoms with van der Waals surface area (Å²) >= 11 is 0. The van der Waals surface area contributed by atoms with Gasteiger partial charge >= 0.3 is 6.18 Å². The molecule has 0 aliphatic carbocycles. The lowest BCUT2D eigenvalue weighted by Gasteiger charge is -2.21. The smallest absolute Gasteiger partial charge is 0.357 e. The number of benzene rings is 1. The van der Waals surface area contributed by atoms with Gasteiger partial charge in [0.1, 0.15) is 0 Å². The topological polar surface area (TPSA) is 39.7 Å². The zero-order valence-electron chi connectivity index (χ0n) is 16.3. The summed E-state index contributed by atoms with van der Waals surface area (Å²) in [5, 5.41) is 6.29. The summed E-state index contributed by atoms with van der Waals surface area (Å²) < 4.78 is 38.2. The van der Waals surface area contributed by atoms with Crippen molar-refractivity contribution in [2.45, 2.75) is 38.9 Å². The van der Waals surface area contributed by atoms with Crippen LogP contribution in [0.4, 0.5) is 13.2 Å². The number of hydrogen-bond acceptors (Lipinski definition) is 2. The Kier molecular flexibility index (Phi) is 10.7. The number of nitrogens with one attached hydrogen (secondary N) is 2. The number of alkyl halides is 3. The van der Waals surface area contributed by atoms with Gasteiger partial charge in [0.25, 0.3) is 0 Å². The van der Waals surface area contributed by atoms with Crippen molar-refractivity contribution in [1.82, 2.24) is 15.5 Å². The van der Waals surface area contributed by atoms with E-state index >= 15 is 0 Å². The molecule has 1 aliphatic rings. The Morgan fingerprint density at radius 3 is 2.75 bits per heavy atom. The van der Waals surface area contributed by atoms with Gasteiger partial charge in [0.15, 0.2) is 5.96 Å². The van der Waals surface area contributed by atoms with Crippen LogP contribution in [0.1, 0.15) is 37.8 Å². The third kappa shape index (κ3) is 7.87. The minimum atomic E-state index is -4.35. The molecule has 8 heteroatoms. The first-order valence-corrected chi connectivity index (χ1v) is 9.36. The van der Waals surface area contributed by atoms with Crippen LogP contribution in [-0.4, -0.2) is 49.6 Å². The van der Waals surface area contributed by atoms with Crippen molar-refractivity contribution in [3.63, 3.8) is 0 Å². The highest BCUT2D eigenvalue weighted by atomic mass is 127. The van der Waals surface area contributed by atoms with E-state index in [2.05, 4.69) is 39.3 Å². The van der Waals surface area contributed by atoms with Gasteiger partial charge in [0.2, 0.25) is 0 Å². The van der Waals surface area contributed by atoms with Crippen LogP contribution in [0.25, 0.3) is 0 Å². The maximum atomic E-state index is 12.7. The summed E-state index contributed by atoms with van der Waals surface area (Å²) in [4.78, 5) is 7.05. The molecule has 0 spiro atoms. The summed E-state index contributed by atoms with van der Waals surface area (Å²) in [6, 6.07) is 5.52. The van der Waals surface area contributed by atoms with Crippen molar-refractivity contribution >= 4 is 29.9 Å². The second kappa shape index (κ2) is 12.2. The molecule has 1 aromatic carbocycles. The second-order valence-corrected chi connectivity index (χ2v) is 6.38. The summed E-state index contributed by atoms with van der Waals surface area (Å²) in [7, 11) is 0. The highest BCUT2D eigenvalue weighted by molar-refractivity contribution is 14.0. The quantitative estimate of drug-likeness (QED) is 0.276. The maximum absolute atomic E-state index is 12.7. The molecule has 1 saturated heterocycles. The SMILES string of the molecule is CCNC(=NCC1CCCN1CC)NCC#Cc1cccc(C(F)(F)F)c1.I. The van der Waals surface area contributed by atoms with Gasteiger partial charge < -0.3 is 10.6 Å². The van der Waals surface area contributed by atoms with E-state index in [-0.39, 0.29) is 24.0 Å². The van der Waals surface area contributed by atoms with Crippen LogP contribution >= 0.6 is 24.0 Å². The van der Waals surface area contributed by atoms with Gasteiger partial charge in [-0.25, -0.2) is 0 Å². The standard InChI is InChI=1S/C20H27F3N4.HI/c1-3-24-19(26-15-18-11-7-13-27(18)4-2)25-12-6-9-16-8-5-10-17(14-16)20(21,22)23;/h5,8,10,14,18H,3-4,7,11-13,15H2,1-2H3,(H2,24,25,26);1H. The Balaban J connectivity index is 0.00000392. The van der Waals surface area contributed by atoms with Crippen LogP contribution in [0.15, 0.2) is 29.3 Å². The largest absolute Gasteiger partial charge is 0.416 e. The van der Waals surface area contributed by atoms with Crippen molar-refractivity contribution in [1.29, 1.82) is 0 Å². The number of likely N-dealkylation sites (N-methyl/N-ethyl adjacent to an activating group) is 1. The Bertz CT molecular complexity index is 695. The van der Waals surface area contributed by atoms with Gasteiger partial charge in [-0.15, -0.1) is 24.0 Å². The number of halogens is 4. The number of guanidine groups is 1. The Hall–Kier alpha value is -1.47. The van der Waals surface area contributed by atoms with E-state index in [1.807, 2.05) is 6.92 Å². The van der Waals surface area contributed by atoms with Crippen LogP contribution < -0.4 is 10.6 Å². The summed E-state index contributed by atoms with van der Waals surface area (Å²) in [6.45, 7) is 8.08. The average molecular weight is 508 g/mol. The molecule has 1 unspecified atom stereocenters. The third-order valence-corrected chi connectivity index (χ3v) is 4.48. The van der Waals surface area contributed by atoms with E-state index in [0.29, 0.717) is 24.1 Å². The van der Waals surface area contributed by atoms with E-state index in [1.165, 1.54) is 12.5 Å². The molecule has 0 bridgehead atoms. The molecular weight excluding hydrogens is 480 g/mol. The minimum absolute atomic E-state index is 0. The molecule has 0 aromatic heterocycles. The van der Waals surface area contributed by atoms with Crippen molar-refractivity contribution in [3.8, 4) is 11.8 Å². The van der Waals surface area contributed by atoms with E-state index in [0.717, 1.165) is 44.7 Å². The monoisotopic (exact) mass is 508 g/mol. The molecule has 4 nitrogen and oxygen atoms in total. The van der Waals surface area contributed by atoms with Crippen molar-refractivity contribution in [2.24, 2.45) is 4.99 Å². The van der Waals surface area contributed by atoms with E-state index in [9.17, 15) is 13.2 Å². The molecule has 0 saturated carbocycles. The second-order valence-electron chi connectivity index (χ2n) is 6.38. The molecule has 0 amide bonds. The van der Waals surface area contributed by atoms with Crippen LogP contribution in [0.2, 0.25) is 0 Å². The van der Waals surface area contributed by atoms with Gasteiger partial charge in [0, 0.05) is 18.2 Å². The van der Waals surface area contributed by atoms with Gasteiger partial charge in [-0.2, -0.15) is 13.2 Å². The minimum Gasteiger partial charge on any atom is -0.357 e. The summed E-state index contributed by atoms with van der Waals surface area (Å²) in [6.07, 6.45) is -1.99. The fraction of sp³-hybridized carbons (Fsp3) is 0.550. The maximum Gasteiger partial charge on any atom is 0.416 e. The molecule has 1 heterocycles. The summed E-state index contributed by atoms with van der Waals surface area (Å²) in [5.41, 5.74) is -0.340. The Labute approximate surface area is 182 Å². The number of hydrogen-bond donors (Lipinski definition) is 2. The number of aliphatic imine (C=N–C) groups is 1. The third-order valence-electron chi connectivity index (χ3n) is 4.48. The summed E-state index contributed by atoms with van der Waals surface area (Å²) in [5.74, 6) is 6.30. The van der Waals surface area contributed by atoms with E-state index in [1.54, 1.807) is 6.07 Å². The van der Waals surface area contributed by atoms with Gasteiger partial charge in [-0.1, -0.05) is 24.8 Å². The van der Waals surface area contributed by atoms with E-state index in [4.69, 9.17) is 0 Å². The first-order valence-electron chi connectivity index (χ1n) is 9.36. The normalized spacial score (nSPS) is 17.5. The number of nitrogens with zero attached hydrogens (tertiary/aromatic N) is 2. The molecule has 1 aliphatic heterocycles. The molecule has 1 fully saturated rings. The molecule has 2 rings (SSSR count). The molecule has 2 N–H and O–H groups in total. The van der Waals surface area contributed by atoms with Crippen LogP contribution in [0.3, 0.4) is 0 Å². The molecule has 156 valence electrons. The van der Waals surface area contributed by atoms with Gasteiger partial charge in [0.05, 0.1) is 18.7 Å². The zero-order valence-corrected chi connectivity index (χ0v) is 18.6. The lowest BCUT2D eigenvalue weighted by atomic mass is 10.1. The molecule has 1 atom stereocenters. The number of likely N-dealkylation sites (tertiary alicyclic amines) is 1. The lowest BCUT2D eigenvalue weighted by molar-refractivity contribution is -0.137. The van der Waals surface area contributed by atoms with Crippen molar-refractivity contribution in [2.75, 3.05) is 32.7 Å². The van der Waals surface area contributed by atoms with Crippen LogP contribution in [0, 0.1) is 11.8 Å². The predicted octanol–water partition coefficient (Wildman–Crippen LogP) is 3.71. The Morgan fingerprint density at radius 2 is 2.07 bits per heavy atom. The average Bonchev–Trinajstić information content (AvgIpc) is 3.10. The fourth-order valence-electron chi connectivity index (χ4n) is 3.10. The lowest BCUT2D eigenvalue weighted by Crippen LogP contribution is -2.39. The first-order chi connectivity index (χ1) is 12.9. The van der Waals surface area contributed by atoms with Crippen LogP contribution in [-0.2, 0) is 6.18 Å². The highest BCUT2D eigenvalue weighted by Crippen LogP contribution is 2.29. The van der Waals surface area contributed by atoms with Gasteiger partial charge in [-0.05, 0) is 51.1 Å². The molecule has 28 heavy (non-hydrogen) atoms. The first kappa shape index (κ1) is 24.6. The van der Waals surface area contributed by atoms with Crippen molar-refractivity contribution < 1.29 is 13.2 Å². The molecule has 0 radical (unpaired) electrons. The van der Waals surface area contributed by atoms with E-state index < -0.39 is 11.7 Å². The van der Waals surface area contributed by atoms with Crippen LogP contribution in [0.5, 0.6) is 0 Å². The molecule has 1 aromatic rings. The fourth-order valence-corrected chi connectivity index (χ4v) is 3.10. The predicted molar refractivity (Wildman–Crippen MR) is 118 cm³/mol. The zero-order chi connectivity index (χ0) is 19.7.